The quantitative estimate of drug-likeness (QED) is 0.888. The molecule has 0 saturated carbocycles. The zero-order valence-corrected chi connectivity index (χ0v) is 11.1. The van der Waals surface area contributed by atoms with Crippen molar-refractivity contribution in [3.63, 3.8) is 0 Å². The molecule has 0 spiro atoms. The molecule has 19 heavy (non-hydrogen) atoms. The minimum Gasteiger partial charge on any atom is -0.337 e. The maximum atomic E-state index is 5.39. The maximum Gasteiger partial charge on any atom is 0.244 e. The van der Waals surface area contributed by atoms with Crippen LogP contribution in [0.5, 0.6) is 0 Å². The highest BCUT2D eigenvalue weighted by Gasteiger charge is 2.37. The summed E-state index contributed by atoms with van der Waals surface area (Å²) in [6.07, 6.45) is 5.65. The van der Waals surface area contributed by atoms with Crippen LogP contribution in [0.4, 0.5) is 0 Å². The Bertz CT molecular complexity index is 551. The van der Waals surface area contributed by atoms with E-state index in [1.807, 2.05) is 0 Å². The van der Waals surface area contributed by atoms with E-state index in [1.54, 1.807) is 18.5 Å². The summed E-state index contributed by atoms with van der Waals surface area (Å²) in [6.45, 7) is 5.41. The summed E-state index contributed by atoms with van der Waals surface area (Å²) >= 11 is 0. The number of hydrogen-bond donors (Lipinski definition) is 1. The summed E-state index contributed by atoms with van der Waals surface area (Å²) in [5, 5.41) is 7.43. The number of nitrogens with one attached hydrogen (secondary N) is 1. The summed E-state index contributed by atoms with van der Waals surface area (Å²) in [7, 11) is 0. The Hall–Kier alpha value is -1.82. The van der Waals surface area contributed by atoms with Crippen LogP contribution in [-0.2, 0) is 0 Å². The van der Waals surface area contributed by atoms with Gasteiger partial charge < -0.3 is 9.84 Å². The Morgan fingerprint density at radius 2 is 2.05 bits per heavy atom. The van der Waals surface area contributed by atoms with Gasteiger partial charge in [-0.25, -0.2) is 9.97 Å². The van der Waals surface area contributed by atoms with E-state index in [9.17, 15) is 0 Å². The standard InChI is InChI=1S/C13H17N5O/c1-13(2)5-3-6-14-9(13)12-17-11(18-19-12)10-15-7-4-8-16-10/h4,7-9,14H,3,5-6H2,1-2H3. The fraction of sp³-hybridized carbons (Fsp3) is 0.538. The molecule has 0 bridgehead atoms. The second-order valence-corrected chi connectivity index (χ2v) is 5.51. The molecular weight excluding hydrogens is 242 g/mol. The van der Waals surface area contributed by atoms with E-state index in [2.05, 4.69) is 39.3 Å². The number of hydrogen-bond acceptors (Lipinski definition) is 6. The van der Waals surface area contributed by atoms with Crippen LogP contribution >= 0.6 is 0 Å². The van der Waals surface area contributed by atoms with Gasteiger partial charge in [-0.15, -0.1) is 0 Å². The molecule has 6 heteroatoms. The number of rotatable bonds is 2. The zero-order valence-electron chi connectivity index (χ0n) is 11.1. The highest BCUT2D eigenvalue weighted by molar-refractivity contribution is 5.40. The van der Waals surface area contributed by atoms with Crippen LogP contribution in [0.2, 0.25) is 0 Å². The Morgan fingerprint density at radius 3 is 2.79 bits per heavy atom. The highest BCUT2D eigenvalue weighted by atomic mass is 16.5. The molecule has 6 nitrogen and oxygen atoms in total. The Kier molecular flexibility index (Phi) is 3.02. The molecule has 1 aliphatic heterocycles. The molecule has 2 aromatic rings. The summed E-state index contributed by atoms with van der Waals surface area (Å²) in [6, 6.07) is 1.85. The summed E-state index contributed by atoms with van der Waals surface area (Å²) < 4.78 is 5.39. The molecule has 2 aromatic heterocycles. The van der Waals surface area contributed by atoms with Gasteiger partial charge in [0.15, 0.2) is 0 Å². The van der Waals surface area contributed by atoms with E-state index in [1.165, 1.54) is 6.42 Å². The van der Waals surface area contributed by atoms with Gasteiger partial charge in [0, 0.05) is 12.4 Å². The van der Waals surface area contributed by atoms with Crippen LogP contribution in [0.3, 0.4) is 0 Å². The molecule has 3 rings (SSSR count). The van der Waals surface area contributed by atoms with Gasteiger partial charge in [0.25, 0.3) is 0 Å². The number of piperidine rings is 1. The first-order chi connectivity index (χ1) is 9.17. The lowest BCUT2D eigenvalue weighted by Gasteiger charge is -2.36. The van der Waals surface area contributed by atoms with Crippen molar-refractivity contribution >= 4 is 0 Å². The molecule has 3 heterocycles. The smallest absolute Gasteiger partial charge is 0.244 e. The minimum atomic E-state index is 0.0891. The minimum absolute atomic E-state index is 0.0891. The van der Waals surface area contributed by atoms with Gasteiger partial charge in [0.2, 0.25) is 17.5 Å². The maximum absolute atomic E-state index is 5.39. The van der Waals surface area contributed by atoms with E-state index in [0.29, 0.717) is 17.5 Å². The second-order valence-electron chi connectivity index (χ2n) is 5.51. The molecular formula is C13H17N5O. The molecule has 0 amide bonds. The fourth-order valence-electron chi connectivity index (χ4n) is 2.49. The van der Waals surface area contributed by atoms with E-state index < -0.39 is 0 Å². The first-order valence-electron chi connectivity index (χ1n) is 6.51. The van der Waals surface area contributed by atoms with Crippen molar-refractivity contribution in [2.24, 2.45) is 5.41 Å². The lowest BCUT2D eigenvalue weighted by atomic mass is 9.77. The van der Waals surface area contributed by atoms with E-state index in [0.717, 1.165) is 13.0 Å². The fourth-order valence-corrected chi connectivity index (χ4v) is 2.49. The Balaban J connectivity index is 1.89. The summed E-state index contributed by atoms with van der Waals surface area (Å²) in [4.78, 5) is 12.7. The highest BCUT2D eigenvalue weighted by Crippen LogP contribution is 2.39. The molecule has 1 N–H and O–H groups in total. The van der Waals surface area contributed by atoms with Crippen molar-refractivity contribution in [1.29, 1.82) is 0 Å². The third-order valence-electron chi connectivity index (χ3n) is 3.58. The summed E-state index contributed by atoms with van der Waals surface area (Å²) in [5.74, 6) is 1.55. The average Bonchev–Trinajstić information content (AvgIpc) is 2.88. The van der Waals surface area contributed by atoms with Gasteiger partial charge in [-0.05, 0) is 30.9 Å². The molecule has 1 fully saturated rings. The Labute approximate surface area is 111 Å². The predicted molar refractivity (Wildman–Crippen MR) is 69.1 cm³/mol. The monoisotopic (exact) mass is 259 g/mol. The van der Waals surface area contributed by atoms with Gasteiger partial charge >= 0.3 is 0 Å². The topological polar surface area (TPSA) is 76.7 Å². The van der Waals surface area contributed by atoms with E-state index >= 15 is 0 Å². The lowest BCUT2D eigenvalue weighted by Crippen LogP contribution is -2.39. The van der Waals surface area contributed by atoms with Crippen LogP contribution in [-0.4, -0.2) is 26.7 Å². The van der Waals surface area contributed by atoms with Crippen LogP contribution in [0.15, 0.2) is 23.0 Å². The van der Waals surface area contributed by atoms with Gasteiger partial charge in [-0.2, -0.15) is 4.98 Å². The van der Waals surface area contributed by atoms with Crippen molar-refractivity contribution in [1.82, 2.24) is 25.4 Å². The van der Waals surface area contributed by atoms with Gasteiger partial charge in [-0.1, -0.05) is 19.0 Å². The summed E-state index contributed by atoms with van der Waals surface area (Å²) in [5.41, 5.74) is 0.111. The van der Waals surface area contributed by atoms with Crippen LogP contribution in [0.1, 0.15) is 38.6 Å². The molecule has 0 aliphatic carbocycles. The average molecular weight is 259 g/mol. The molecule has 1 atom stereocenters. The first kappa shape index (κ1) is 12.2. The first-order valence-corrected chi connectivity index (χ1v) is 6.51. The normalized spacial score (nSPS) is 22.3. The molecule has 1 unspecified atom stereocenters. The largest absolute Gasteiger partial charge is 0.337 e. The number of nitrogens with zero attached hydrogens (tertiary/aromatic N) is 4. The molecule has 100 valence electrons. The van der Waals surface area contributed by atoms with Crippen molar-refractivity contribution in [2.75, 3.05) is 6.54 Å². The van der Waals surface area contributed by atoms with Crippen LogP contribution in [0, 0.1) is 5.41 Å². The molecule has 1 saturated heterocycles. The molecule has 1 aliphatic rings. The SMILES string of the molecule is CC1(C)CCCNC1c1nc(-c2ncccn2)no1. The predicted octanol–water partition coefficient (Wildman–Crippen LogP) is 1.98. The number of aromatic nitrogens is 4. The van der Waals surface area contributed by atoms with Crippen LogP contribution < -0.4 is 5.32 Å². The van der Waals surface area contributed by atoms with Crippen molar-refractivity contribution < 1.29 is 4.52 Å². The van der Waals surface area contributed by atoms with Crippen molar-refractivity contribution in [3.05, 3.63) is 24.4 Å². The van der Waals surface area contributed by atoms with Crippen LogP contribution in [0.25, 0.3) is 11.6 Å². The Morgan fingerprint density at radius 1 is 1.26 bits per heavy atom. The molecule has 0 radical (unpaired) electrons. The third kappa shape index (κ3) is 2.35. The van der Waals surface area contributed by atoms with E-state index in [4.69, 9.17) is 4.52 Å². The van der Waals surface area contributed by atoms with Crippen molar-refractivity contribution in [3.8, 4) is 11.6 Å². The van der Waals surface area contributed by atoms with E-state index in [-0.39, 0.29) is 11.5 Å². The van der Waals surface area contributed by atoms with Crippen molar-refractivity contribution in [2.45, 2.75) is 32.7 Å². The lowest BCUT2D eigenvalue weighted by molar-refractivity contribution is 0.146. The van der Waals surface area contributed by atoms with Gasteiger partial charge in [-0.3, -0.25) is 0 Å². The zero-order chi connectivity index (χ0) is 13.3. The third-order valence-corrected chi connectivity index (χ3v) is 3.58. The van der Waals surface area contributed by atoms with Gasteiger partial charge in [0.05, 0.1) is 6.04 Å². The molecule has 0 aromatic carbocycles. The van der Waals surface area contributed by atoms with Gasteiger partial charge in [0.1, 0.15) is 0 Å². The second kappa shape index (κ2) is 4.70.